The van der Waals surface area contributed by atoms with E-state index in [1.807, 2.05) is 11.8 Å². The lowest BCUT2D eigenvalue weighted by molar-refractivity contribution is 0.774. The van der Waals surface area contributed by atoms with E-state index >= 15 is 0 Å². The molecule has 0 saturated carbocycles. The first-order valence-electron chi connectivity index (χ1n) is 4.98. The first kappa shape index (κ1) is 10.7. The van der Waals surface area contributed by atoms with Crippen LogP contribution in [0.25, 0.3) is 0 Å². The Morgan fingerprint density at radius 1 is 1.69 bits per heavy atom. The van der Waals surface area contributed by atoms with Crippen LogP contribution in [0.1, 0.15) is 26.2 Å². The maximum absolute atomic E-state index is 5.67. The third-order valence-electron chi connectivity index (χ3n) is 2.05. The highest BCUT2D eigenvalue weighted by molar-refractivity contribution is 8.00. The second-order valence-electron chi connectivity index (χ2n) is 3.29. The SMILES string of the molecule is CCCNC(N)=NCC1CCCS1. The van der Waals surface area contributed by atoms with E-state index in [-0.39, 0.29) is 0 Å². The number of hydrogen-bond donors (Lipinski definition) is 2. The van der Waals surface area contributed by atoms with Crippen molar-refractivity contribution in [2.24, 2.45) is 10.7 Å². The summed E-state index contributed by atoms with van der Waals surface area (Å²) < 4.78 is 0. The van der Waals surface area contributed by atoms with Crippen molar-refractivity contribution in [3.63, 3.8) is 0 Å². The smallest absolute Gasteiger partial charge is 0.188 e. The minimum Gasteiger partial charge on any atom is -0.370 e. The minimum absolute atomic E-state index is 0.606. The van der Waals surface area contributed by atoms with E-state index in [2.05, 4.69) is 17.2 Å². The van der Waals surface area contributed by atoms with Crippen molar-refractivity contribution in [3.8, 4) is 0 Å². The zero-order chi connectivity index (χ0) is 9.52. The quantitative estimate of drug-likeness (QED) is 0.531. The second kappa shape index (κ2) is 6.13. The summed E-state index contributed by atoms with van der Waals surface area (Å²) in [5.41, 5.74) is 5.67. The lowest BCUT2D eigenvalue weighted by Crippen LogP contribution is -2.32. The molecule has 1 fully saturated rings. The maximum atomic E-state index is 5.67. The van der Waals surface area contributed by atoms with E-state index in [4.69, 9.17) is 5.73 Å². The number of hydrogen-bond acceptors (Lipinski definition) is 2. The Bertz CT molecular complexity index is 164. The standard InChI is InChI=1S/C9H19N3S/c1-2-5-11-9(10)12-7-8-4-3-6-13-8/h8H,2-7H2,1H3,(H3,10,11,12). The van der Waals surface area contributed by atoms with Gasteiger partial charge in [0.15, 0.2) is 5.96 Å². The Labute approximate surface area is 84.6 Å². The number of nitrogens with one attached hydrogen (secondary N) is 1. The molecule has 1 atom stereocenters. The lowest BCUT2D eigenvalue weighted by atomic mass is 10.2. The number of nitrogens with two attached hydrogens (primary N) is 1. The van der Waals surface area contributed by atoms with Gasteiger partial charge < -0.3 is 11.1 Å². The molecule has 1 heterocycles. The van der Waals surface area contributed by atoms with E-state index in [0.29, 0.717) is 11.2 Å². The highest BCUT2D eigenvalue weighted by Gasteiger charge is 2.14. The molecule has 0 radical (unpaired) electrons. The summed E-state index contributed by atoms with van der Waals surface area (Å²) in [6, 6.07) is 0. The van der Waals surface area contributed by atoms with Crippen LogP contribution in [0.15, 0.2) is 4.99 Å². The van der Waals surface area contributed by atoms with Gasteiger partial charge in [0.2, 0.25) is 0 Å². The van der Waals surface area contributed by atoms with Crippen LogP contribution in [0, 0.1) is 0 Å². The van der Waals surface area contributed by atoms with Gasteiger partial charge in [-0.05, 0) is 25.0 Å². The van der Waals surface area contributed by atoms with Crippen molar-refractivity contribution in [2.75, 3.05) is 18.8 Å². The van der Waals surface area contributed by atoms with Gasteiger partial charge >= 0.3 is 0 Å². The Balaban J connectivity index is 2.13. The molecule has 1 aliphatic rings. The monoisotopic (exact) mass is 201 g/mol. The van der Waals surface area contributed by atoms with Gasteiger partial charge in [-0.3, -0.25) is 4.99 Å². The average Bonchev–Trinajstić information content (AvgIpc) is 2.64. The van der Waals surface area contributed by atoms with Crippen molar-refractivity contribution in [1.82, 2.24) is 5.32 Å². The summed E-state index contributed by atoms with van der Waals surface area (Å²) in [6.45, 7) is 3.92. The van der Waals surface area contributed by atoms with Crippen molar-refractivity contribution in [3.05, 3.63) is 0 Å². The molecule has 1 aliphatic heterocycles. The molecule has 0 aromatic carbocycles. The summed E-state index contributed by atoms with van der Waals surface area (Å²) in [6.07, 6.45) is 3.73. The van der Waals surface area contributed by atoms with Gasteiger partial charge in [0.25, 0.3) is 0 Å². The number of thioether (sulfide) groups is 1. The summed E-state index contributed by atoms with van der Waals surface area (Å²) in [7, 11) is 0. The molecule has 0 aromatic heterocycles. The Morgan fingerprint density at radius 2 is 2.54 bits per heavy atom. The molecule has 13 heavy (non-hydrogen) atoms. The highest BCUT2D eigenvalue weighted by Crippen LogP contribution is 2.25. The van der Waals surface area contributed by atoms with Crippen LogP contribution < -0.4 is 11.1 Å². The zero-order valence-electron chi connectivity index (χ0n) is 8.25. The van der Waals surface area contributed by atoms with Crippen molar-refractivity contribution in [1.29, 1.82) is 0 Å². The summed E-state index contributed by atoms with van der Waals surface area (Å²) in [5.74, 6) is 1.90. The fourth-order valence-corrected chi connectivity index (χ4v) is 2.48. The number of rotatable bonds is 4. The lowest BCUT2D eigenvalue weighted by Gasteiger charge is -2.06. The Morgan fingerprint density at radius 3 is 3.15 bits per heavy atom. The molecule has 76 valence electrons. The Kier molecular flexibility index (Phi) is 5.05. The van der Waals surface area contributed by atoms with E-state index < -0.39 is 0 Å². The molecule has 1 unspecified atom stereocenters. The second-order valence-corrected chi connectivity index (χ2v) is 4.70. The molecule has 3 nitrogen and oxygen atoms in total. The van der Waals surface area contributed by atoms with Crippen LogP contribution in [0.5, 0.6) is 0 Å². The van der Waals surface area contributed by atoms with Gasteiger partial charge in [-0.15, -0.1) is 0 Å². The molecule has 0 aromatic rings. The first-order chi connectivity index (χ1) is 6.33. The van der Waals surface area contributed by atoms with Gasteiger partial charge in [0.1, 0.15) is 0 Å². The fourth-order valence-electron chi connectivity index (χ4n) is 1.30. The van der Waals surface area contributed by atoms with Crippen LogP contribution in [-0.4, -0.2) is 30.1 Å². The topological polar surface area (TPSA) is 50.4 Å². The van der Waals surface area contributed by atoms with Gasteiger partial charge in [0.05, 0.1) is 6.54 Å². The molecular weight excluding hydrogens is 182 g/mol. The fraction of sp³-hybridized carbons (Fsp3) is 0.889. The van der Waals surface area contributed by atoms with Gasteiger partial charge in [-0.2, -0.15) is 11.8 Å². The third kappa shape index (κ3) is 4.41. The molecule has 4 heteroatoms. The molecule has 0 aliphatic carbocycles. The molecule has 3 N–H and O–H groups in total. The van der Waals surface area contributed by atoms with Gasteiger partial charge in [-0.25, -0.2) is 0 Å². The van der Waals surface area contributed by atoms with Crippen LogP contribution in [0.2, 0.25) is 0 Å². The van der Waals surface area contributed by atoms with E-state index in [1.165, 1.54) is 18.6 Å². The molecule has 0 bridgehead atoms. The van der Waals surface area contributed by atoms with Crippen molar-refractivity contribution in [2.45, 2.75) is 31.4 Å². The Hall–Kier alpha value is -0.380. The van der Waals surface area contributed by atoms with Crippen LogP contribution in [-0.2, 0) is 0 Å². The molecule has 0 spiro atoms. The van der Waals surface area contributed by atoms with E-state index in [0.717, 1.165) is 19.5 Å². The van der Waals surface area contributed by atoms with Crippen molar-refractivity contribution >= 4 is 17.7 Å². The molecule has 1 rings (SSSR count). The first-order valence-corrected chi connectivity index (χ1v) is 6.03. The van der Waals surface area contributed by atoms with Crippen LogP contribution in [0.4, 0.5) is 0 Å². The highest BCUT2D eigenvalue weighted by atomic mass is 32.2. The maximum Gasteiger partial charge on any atom is 0.188 e. The van der Waals surface area contributed by atoms with Crippen molar-refractivity contribution < 1.29 is 0 Å². The largest absolute Gasteiger partial charge is 0.370 e. The normalized spacial score (nSPS) is 23.5. The molecule has 1 saturated heterocycles. The number of aliphatic imine (C=N–C) groups is 1. The average molecular weight is 201 g/mol. The van der Waals surface area contributed by atoms with Gasteiger partial charge in [-0.1, -0.05) is 6.92 Å². The van der Waals surface area contributed by atoms with Crippen LogP contribution >= 0.6 is 11.8 Å². The number of nitrogens with zero attached hydrogens (tertiary/aromatic N) is 1. The van der Waals surface area contributed by atoms with E-state index in [9.17, 15) is 0 Å². The predicted octanol–water partition coefficient (Wildman–Crippen LogP) is 1.20. The zero-order valence-corrected chi connectivity index (χ0v) is 9.07. The summed E-state index contributed by atoms with van der Waals surface area (Å²) in [5, 5.41) is 3.78. The van der Waals surface area contributed by atoms with Gasteiger partial charge in [0, 0.05) is 11.8 Å². The van der Waals surface area contributed by atoms with Crippen LogP contribution in [0.3, 0.4) is 0 Å². The van der Waals surface area contributed by atoms with E-state index in [1.54, 1.807) is 0 Å². The summed E-state index contributed by atoms with van der Waals surface area (Å²) >= 11 is 2.02. The molecule has 0 amide bonds. The summed E-state index contributed by atoms with van der Waals surface area (Å²) in [4.78, 5) is 4.31. The molecular formula is C9H19N3S. The minimum atomic E-state index is 0.606. The number of guanidine groups is 1. The predicted molar refractivity (Wildman–Crippen MR) is 60.3 cm³/mol. The third-order valence-corrected chi connectivity index (χ3v) is 3.43.